The van der Waals surface area contributed by atoms with Crippen LogP contribution in [0.5, 0.6) is 0 Å². The normalized spacial score (nSPS) is 18.0. The third-order valence-corrected chi connectivity index (χ3v) is 3.43. The summed E-state index contributed by atoms with van der Waals surface area (Å²) in [6.07, 6.45) is -0.385. The number of hydrogen-bond acceptors (Lipinski definition) is 5. The quantitative estimate of drug-likeness (QED) is 0.795. The molecule has 1 fully saturated rings. The number of likely N-dealkylation sites (tertiary alicyclic amines) is 1. The highest BCUT2D eigenvalue weighted by Crippen LogP contribution is 2.17. The number of ether oxygens (including phenoxy) is 2. The fraction of sp³-hybridized carbons (Fsp3) is 0.438. The highest BCUT2D eigenvalue weighted by atomic mass is 16.6. The Bertz CT molecular complexity index is 543. The lowest BCUT2D eigenvalue weighted by molar-refractivity contribution is -0.152. The molecule has 0 radical (unpaired) electrons. The van der Waals surface area contributed by atoms with Gasteiger partial charge in [-0.15, -0.1) is 0 Å². The zero-order valence-corrected chi connectivity index (χ0v) is 12.5. The first-order valence-electron chi connectivity index (χ1n) is 7.27. The van der Waals surface area contributed by atoms with Gasteiger partial charge >= 0.3 is 12.1 Å². The minimum absolute atomic E-state index is 0.0146. The van der Waals surface area contributed by atoms with E-state index in [1.54, 1.807) is 6.92 Å². The van der Waals surface area contributed by atoms with E-state index in [2.05, 4.69) is 0 Å². The molecule has 6 nitrogen and oxygen atoms in total. The molecular weight excluding hydrogens is 286 g/mol. The number of esters is 1. The summed E-state index contributed by atoms with van der Waals surface area (Å²) >= 11 is 0. The van der Waals surface area contributed by atoms with Gasteiger partial charge in [-0.1, -0.05) is 30.3 Å². The highest BCUT2D eigenvalue weighted by Gasteiger charge is 2.37. The van der Waals surface area contributed by atoms with E-state index in [0.717, 1.165) is 5.56 Å². The number of rotatable bonds is 4. The second-order valence-corrected chi connectivity index (χ2v) is 4.99. The molecular formula is C16H19NO5. The maximum Gasteiger partial charge on any atom is 0.410 e. The van der Waals surface area contributed by atoms with Gasteiger partial charge in [0, 0.05) is 19.4 Å². The molecule has 1 atom stereocenters. The Labute approximate surface area is 129 Å². The predicted octanol–water partition coefficient (Wildman–Crippen LogP) is 1.92. The van der Waals surface area contributed by atoms with E-state index in [1.165, 1.54) is 4.90 Å². The van der Waals surface area contributed by atoms with Crippen LogP contribution in [0.15, 0.2) is 30.3 Å². The average Bonchev–Trinajstić information content (AvgIpc) is 2.53. The zero-order valence-electron chi connectivity index (χ0n) is 12.5. The molecule has 1 heterocycles. The fourth-order valence-electron chi connectivity index (χ4n) is 2.30. The number of hydrogen-bond donors (Lipinski definition) is 0. The molecule has 1 saturated heterocycles. The van der Waals surface area contributed by atoms with Gasteiger partial charge in [-0.2, -0.15) is 0 Å². The Morgan fingerprint density at radius 2 is 1.95 bits per heavy atom. The lowest BCUT2D eigenvalue weighted by atomic mass is 10.0. The van der Waals surface area contributed by atoms with Gasteiger partial charge < -0.3 is 9.47 Å². The average molecular weight is 305 g/mol. The Morgan fingerprint density at radius 1 is 1.23 bits per heavy atom. The molecule has 0 N–H and O–H groups in total. The number of benzene rings is 1. The number of carbonyl (C=O) groups excluding carboxylic acids is 3. The molecule has 6 heteroatoms. The van der Waals surface area contributed by atoms with Crippen LogP contribution in [0.1, 0.15) is 25.3 Å². The van der Waals surface area contributed by atoms with E-state index < -0.39 is 18.1 Å². The van der Waals surface area contributed by atoms with E-state index in [-0.39, 0.29) is 38.4 Å². The summed E-state index contributed by atoms with van der Waals surface area (Å²) in [6, 6.07) is 8.38. The number of Topliss-reactive ketones (excluding diaryl/α,β-unsaturated/α-hetero) is 1. The molecule has 118 valence electrons. The van der Waals surface area contributed by atoms with Crippen LogP contribution in [0.4, 0.5) is 4.79 Å². The van der Waals surface area contributed by atoms with Crippen LogP contribution in [-0.2, 0) is 25.7 Å². The zero-order chi connectivity index (χ0) is 15.9. The van der Waals surface area contributed by atoms with Crippen molar-refractivity contribution >= 4 is 17.8 Å². The number of ketones is 1. The molecule has 0 saturated carbocycles. The minimum Gasteiger partial charge on any atom is -0.464 e. The molecule has 1 aliphatic rings. The number of piperidine rings is 1. The predicted molar refractivity (Wildman–Crippen MR) is 78.0 cm³/mol. The van der Waals surface area contributed by atoms with Crippen molar-refractivity contribution in [2.45, 2.75) is 32.4 Å². The summed E-state index contributed by atoms with van der Waals surface area (Å²) in [5.74, 6) is -0.614. The summed E-state index contributed by atoms with van der Waals surface area (Å²) < 4.78 is 10.2. The van der Waals surface area contributed by atoms with Crippen LogP contribution in [-0.4, -0.2) is 41.9 Å². The second-order valence-electron chi connectivity index (χ2n) is 4.99. The Balaban J connectivity index is 1.99. The van der Waals surface area contributed by atoms with Crippen molar-refractivity contribution < 1.29 is 23.9 Å². The maximum atomic E-state index is 12.2. The van der Waals surface area contributed by atoms with Gasteiger partial charge in [0.15, 0.2) is 0 Å². The van der Waals surface area contributed by atoms with Gasteiger partial charge in [0.2, 0.25) is 0 Å². The minimum atomic E-state index is -0.885. The van der Waals surface area contributed by atoms with Crippen LogP contribution in [0, 0.1) is 0 Å². The first-order valence-corrected chi connectivity index (χ1v) is 7.27. The summed E-state index contributed by atoms with van der Waals surface area (Å²) in [5.41, 5.74) is 0.858. The van der Waals surface area contributed by atoms with Crippen LogP contribution >= 0.6 is 0 Å². The highest BCUT2D eigenvalue weighted by molar-refractivity contribution is 5.91. The molecule has 1 amide bonds. The summed E-state index contributed by atoms with van der Waals surface area (Å²) in [4.78, 5) is 36.9. The third kappa shape index (κ3) is 4.07. The largest absolute Gasteiger partial charge is 0.464 e. The Morgan fingerprint density at radius 3 is 2.64 bits per heavy atom. The molecule has 1 aliphatic heterocycles. The van der Waals surface area contributed by atoms with E-state index in [4.69, 9.17) is 9.47 Å². The van der Waals surface area contributed by atoms with Crippen LogP contribution in [0.3, 0.4) is 0 Å². The SMILES string of the molecule is CCOC(=O)[C@@H]1CC(=O)CCN1C(=O)OCc1ccccc1. The molecule has 0 aliphatic carbocycles. The molecule has 0 aromatic heterocycles. The monoisotopic (exact) mass is 305 g/mol. The molecule has 0 unspecified atom stereocenters. The third-order valence-electron chi connectivity index (χ3n) is 3.43. The van der Waals surface area contributed by atoms with E-state index in [0.29, 0.717) is 0 Å². The molecule has 22 heavy (non-hydrogen) atoms. The number of nitrogens with zero attached hydrogens (tertiary/aromatic N) is 1. The Hall–Kier alpha value is -2.37. The van der Waals surface area contributed by atoms with Crippen LogP contribution in [0.25, 0.3) is 0 Å². The van der Waals surface area contributed by atoms with Crippen LogP contribution < -0.4 is 0 Å². The second kappa shape index (κ2) is 7.59. The van der Waals surface area contributed by atoms with E-state index >= 15 is 0 Å². The van der Waals surface area contributed by atoms with E-state index in [1.807, 2.05) is 30.3 Å². The van der Waals surface area contributed by atoms with Crippen molar-refractivity contribution in [2.75, 3.05) is 13.2 Å². The van der Waals surface area contributed by atoms with E-state index in [9.17, 15) is 14.4 Å². The van der Waals surface area contributed by atoms with Gasteiger partial charge in [0.25, 0.3) is 0 Å². The lowest BCUT2D eigenvalue weighted by Crippen LogP contribution is -2.51. The molecule has 0 spiro atoms. The molecule has 1 aromatic carbocycles. The van der Waals surface area contributed by atoms with Gasteiger partial charge in [-0.3, -0.25) is 9.69 Å². The lowest BCUT2D eigenvalue weighted by Gasteiger charge is -2.32. The van der Waals surface area contributed by atoms with Gasteiger partial charge in [-0.05, 0) is 12.5 Å². The topological polar surface area (TPSA) is 72.9 Å². The van der Waals surface area contributed by atoms with Gasteiger partial charge in [0.1, 0.15) is 18.4 Å². The summed E-state index contributed by atoms with van der Waals surface area (Å²) in [7, 11) is 0. The first kappa shape index (κ1) is 16.0. The molecule has 2 rings (SSSR count). The van der Waals surface area contributed by atoms with Crippen molar-refractivity contribution in [1.82, 2.24) is 4.90 Å². The van der Waals surface area contributed by atoms with Crippen molar-refractivity contribution in [1.29, 1.82) is 0 Å². The fourth-order valence-corrected chi connectivity index (χ4v) is 2.30. The molecule has 0 bridgehead atoms. The van der Waals surface area contributed by atoms with Crippen molar-refractivity contribution in [3.05, 3.63) is 35.9 Å². The summed E-state index contributed by atoms with van der Waals surface area (Å²) in [6.45, 7) is 2.19. The van der Waals surface area contributed by atoms with Crippen molar-refractivity contribution in [3.63, 3.8) is 0 Å². The van der Waals surface area contributed by atoms with Gasteiger partial charge in [0.05, 0.1) is 6.61 Å². The standard InChI is InChI=1S/C16H19NO5/c1-2-21-15(19)14-10-13(18)8-9-17(14)16(20)22-11-12-6-4-3-5-7-12/h3-7,14H,2,8-11H2,1H3/t14-/m0/s1. The summed E-state index contributed by atoms with van der Waals surface area (Å²) in [5, 5.41) is 0. The number of carbonyl (C=O) groups is 3. The van der Waals surface area contributed by atoms with Crippen LogP contribution in [0.2, 0.25) is 0 Å². The van der Waals surface area contributed by atoms with Gasteiger partial charge in [-0.25, -0.2) is 9.59 Å². The molecule has 1 aromatic rings. The Kier molecular flexibility index (Phi) is 5.52. The number of amides is 1. The van der Waals surface area contributed by atoms with Crippen molar-refractivity contribution in [3.8, 4) is 0 Å². The maximum absolute atomic E-state index is 12.2. The van der Waals surface area contributed by atoms with Crippen molar-refractivity contribution in [2.24, 2.45) is 0 Å². The first-order chi connectivity index (χ1) is 10.6. The smallest absolute Gasteiger partial charge is 0.410 e.